The summed E-state index contributed by atoms with van der Waals surface area (Å²) < 4.78 is 17.8. The second kappa shape index (κ2) is 7.86. The average Bonchev–Trinajstić information content (AvgIpc) is 3.52. The SMILES string of the molecule is CNCC1CN(c2ccc3c(c2)Cn2cc(-c4ccc(F)cc4)cc2-c2nccn2-3)CC1O. The number of benzene rings is 2. The number of aliphatic hydroxyl groups is 1. The molecule has 33 heavy (non-hydrogen) atoms. The molecule has 4 heterocycles. The Hall–Kier alpha value is -3.42. The third-order valence-electron chi connectivity index (χ3n) is 6.85. The molecule has 0 aliphatic carbocycles. The summed E-state index contributed by atoms with van der Waals surface area (Å²) in [5, 5.41) is 13.7. The number of nitrogens with one attached hydrogen (secondary N) is 1. The molecule has 0 amide bonds. The fourth-order valence-corrected chi connectivity index (χ4v) is 5.16. The van der Waals surface area contributed by atoms with E-state index in [1.807, 2.05) is 31.6 Å². The third kappa shape index (κ3) is 3.44. The molecule has 2 aliphatic rings. The first-order chi connectivity index (χ1) is 16.1. The van der Waals surface area contributed by atoms with E-state index in [0.717, 1.165) is 47.1 Å². The maximum absolute atomic E-state index is 13.4. The molecule has 1 saturated heterocycles. The van der Waals surface area contributed by atoms with E-state index < -0.39 is 0 Å². The van der Waals surface area contributed by atoms with Crippen molar-refractivity contribution in [1.82, 2.24) is 19.4 Å². The molecule has 2 atom stereocenters. The van der Waals surface area contributed by atoms with Crippen molar-refractivity contribution in [1.29, 1.82) is 0 Å². The molecule has 0 bridgehead atoms. The van der Waals surface area contributed by atoms with Crippen molar-refractivity contribution in [2.24, 2.45) is 5.92 Å². The lowest BCUT2D eigenvalue weighted by Gasteiger charge is -2.21. The van der Waals surface area contributed by atoms with Gasteiger partial charge in [0.05, 0.1) is 17.5 Å². The summed E-state index contributed by atoms with van der Waals surface area (Å²) in [7, 11) is 1.93. The molecule has 6 rings (SSSR count). The minimum atomic E-state index is -0.328. The molecule has 0 radical (unpaired) electrons. The van der Waals surface area contributed by atoms with Crippen LogP contribution in [-0.2, 0) is 6.54 Å². The first kappa shape index (κ1) is 20.2. The Morgan fingerprint density at radius 2 is 1.94 bits per heavy atom. The van der Waals surface area contributed by atoms with Gasteiger partial charge in [-0.3, -0.25) is 4.57 Å². The summed E-state index contributed by atoms with van der Waals surface area (Å²) in [6.45, 7) is 2.99. The molecular formula is C26H26FN5O. The minimum absolute atomic E-state index is 0.225. The second-order valence-electron chi connectivity index (χ2n) is 8.97. The van der Waals surface area contributed by atoms with Gasteiger partial charge in [-0.05, 0) is 54.6 Å². The highest BCUT2D eigenvalue weighted by atomic mass is 19.1. The first-order valence-electron chi connectivity index (χ1n) is 11.3. The number of hydrogen-bond donors (Lipinski definition) is 2. The van der Waals surface area contributed by atoms with Gasteiger partial charge < -0.3 is 19.9 Å². The van der Waals surface area contributed by atoms with Crippen LogP contribution in [0.3, 0.4) is 0 Å². The molecular weight excluding hydrogens is 417 g/mol. The molecule has 2 unspecified atom stereocenters. The normalized spacial score (nSPS) is 19.2. The topological polar surface area (TPSA) is 58.2 Å². The highest BCUT2D eigenvalue weighted by molar-refractivity contribution is 5.72. The van der Waals surface area contributed by atoms with Crippen LogP contribution < -0.4 is 10.2 Å². The zero-order valence-corrected chi connectivity index (χ0v) is 18.4. The molecule has 168 valence electrons. The Balaban J connectivity index is 1.39. The maximum atomic E-state index is 13.4. The van der Waals surface area contributed by atoms with Crippen molar-refractivity contribution in [2.75, 3.05) is 31.6 Å². The minimum Gasteiger partial charge on any atom is -0.391 e. The number of aliphatic hydroxyl groups excluding tert-OH is 1. The Morgan fingerprint density at radius 1 is 1.09 bits per heavy atom. The Kier molecular flexibility index (Phi) is 4.81. The van der Waals surface area contributed by atoms with Gasteiger partial charge in [0.15, 0.2) is 5.82 Å². The van der Waals surface area contributed by atoms with E-state index >= 15 is 0 Å². The van der Waals surface area contributed by atoms with Crippen molar-refractivity contribution in [3.05, 3.63) is 78.5 Å². The van der Waals surface area contributed by atoms with Crippen LogP contribution >= 0.6 is 0 Å². The molecule has 6 nitrogen and oxygen atoms in total. The van der Waals surface area contributed by atoms with Crippen molar-refractivity contribution in [3.63, 3.8) is 0 Å². The van der Waals surface area contributed by atoms with Gasteiger partial charge in [-0.2, -0.15) is 0 Å². The predicted octanol–water partition coefficient (Wildman–Crippen LogP) is 3.53. The number of imidazole rings is 1. The summed E-state index contributed by atoms with van der Waals surface area (Å²) >= 11 is 0. The fourth-order valence-electron chi connectivity index (χ4n) is 5.16. The van der Waals surface area contributed by atoms with Crippen LogP contribution in [0.4, 0.5) is 10.1 Å². The summed E-state index contributed by atoms with van der Waals surface area (Å²) in [6, 6.07) is 15.3. The molecule has 1 fully saturated rings. The smallest absolute Gasteiger partial charge is 0.161 e. The number of rotatable bonds is 4. The van der Waals surface area contributed by atoms with E-state index in [-0.39, 0.29) is 17.8 Å². The maximum Gasteiger partial charge on any atom is 0.161 e. The van der Waals surface area contributed by atoms with Crippen molar-refractivity contribution < 1.29 is 9.50 Å². The number of anilines is 1. The van der Waals surface area contributed by atoms with Gasteiger partial charge in [-0.15, -0.1) is 0 Å². The zero-order valence-electron chi connectivity index (χ0n) is 18.4. The number of hydrogen-bond acceptors (Lipinski definition) is 4. The number of halogens is 1. The molecule has 7 heteroatoms. The lowest BCUT2D eigenvalue weighted by Crippen LogP contribution is -2.28. The lowest BCUT2D eigenvalue weighted by molar-refractivity contribution is 0.148. The highest BCUT2D eigenvalue weighted by Crippen LogP contribution is 2.36. The number of nitrogens with zero attached hydrogens (tertiary/aromatic N) is 4. The lowest BCUT2D eigenvalue weighted by atomic mass is 10.1. The van der Waals surface area contributed by atoms with Crippen LogP contribution in [0.1, 0.15) is 5.56 Å². The van der Waals surface area contributed by atoms with Crippen molar-refractivity contribution >= 4 is 5.69 Å². The van der Waals surface area contributed by atoms with Crippen LogP contribution in [0.15, 0.2) is 67.1 Å². The fraction of sp³-hybridized carbons (Fsp3) is 0.269. The van der Waals surface area contributed by atoms with Crippen molar-refractivity contribution in [3.8, 4) is 28.3 Å². The summed E-state index contributed by atoms with van der Waals surface area (Å²) in [5.41, 5.74) is 6.48. The second-order valence-corrected chi connectivity index (χ2v) is 8.97. The summed E-state index contributed by atoms with van der Waals surface area (Å²) in [5.74, 6) is 0.879. The van der Waals surface area contributed by atoms with E-state index in [1.165, 1.54) is 17.7 Å². The number of aromatic nitrogens is 3. The first-order valence-corrected chi connectivity index (χ1v) is 11.3. The van der Waals surface area contributed by atoms with Crippen molar-refractivity contribution in [2.45, 2.75) is 12.6 Å². The zero-order chi connectivity index (χ0) is 22.5. The molecule has 0 saturated carbocycles. The van der Waals surface area contributed by atoms with E-state index in [9.17, 15) is 9.50 Å². The largest absolute Gasteiger partial charge is 0.391 e. The standard InChI is InChI=1S/C26H26FN5O/c1-28-12-20-15-30(16-25(20)33)22-6-7-23-19(10-22)14-31-13-18(17-2-4-21(27)5-3-17)11-24(31)26-29-8-9-32(23)26/h2-11,13,20,25,28,33H,12,14-16H2,1H3. The molecule has 2 aliphatic heterocycles. The Labute approximate surface area is 191 Å². The van der Waals surface area contributed by atoms with E-state index in [4.69, 9.17) is 0 Å². The van der Waals surface area contributed by atoms with E-state index in [2.05, 4.69) is 54.8 Å². The van der Waals surface area contributed by atoms with Gasteiger partial charge in [0.25, 0.3) is 0 Å². The van der Waals surface area contributed by atoms with E-state index in [0.29, 0.717) is 13.1 Å². The Bertz CT molecular complexity index is 1310. The molecule has 4 aromatic rings. The molecule has 2 N–H and O–H groups in total. The molecule has 2 aromatic heterocycles. The van der Waals surface area contributed by atoms with E-state index in [1.54, 1.807) is 0 Å². The van der Waals surface area contributed by atoms with Gasteiger partial charge in [0, 0.05) is 61.9 Å². The Morgan fingerprint density at radius 3 is 2.76 bits per heavy atom. The monoisotopic (exact) mass is 443 g/mol. The summed E-state index contributed by atoms with van der Waals surface area (Å²) in [4.78, 5) is 6.92. The molecule has 0 spiro atoms. The van der Waals surface area contributed by atoms with Crippen LogP contribution in [0, 0.1) is 11.7 Å². The average molecular weight is 444 g/mol. The van der Waals surface area contributed by atoms with Gasteiger partial charge in [0.1, 0.15) is 5.82 Å². The highest BCUT2D eigenvalue weighted by Gasteiger charge is 2.31. The van der Waals surface area contributed by atoms with Gasteiger partial charge in [-0.25, -0.2) is 9.37 Å². The van der Waals surface area contributed by atoms with Crippen LogP contribution in [0.2, 0.25) is 0 Å². The number of fused-ring (bicyclic) bond motifs is 5. The van der Waals surface area contributed by atoms with Crippen LogP contribution in [0.5, 0.6) is 0 Å². The van der Waals surface area contributed by atoms with Gasteiger partial charge in [0.2, 0.25) is 0 Å². The third-order valence-corrected chi connectivity index (χ3v) is 6.85. The quantitative estimate of drug-likeness (QED) is 0.446. The van der Waals surface area contributed by atoms with Crippen LogP contribution in [-0.4, -0.2) is 52.0 Å². The van der Waals surface area contributed by atoms with Crippen LogP contribution in [0.25, 0.3) is 28.3 Å². The molecule has 2 aromatic carbocycles. The van der Waals surface area contributed by atoms with Gasteiger partial charge >= 0.3 is 0 Å². The number of β-amino-alcohol motifs (C(OH)–C–C–N with tert-alkyl or cyclic N) is 1. The summed E-state index contributed by atoms with van der Waals surface area (Å²) in [6.07, 6.45) is 5.61. The van der Waals surface area contributed by atoms with Gasteiger partial charge in [-0.1, -0.05) is 12.1 Å². The predicted molar refractivity (Wildman–Crippen MR) is 127 cm³/mol.